The minimum atomic E-state index is -0.194. The van der Waals surface area contributed by atoms with Crippen LogP contribution in [-0.4, -0.2) is 40.7 Å². The van der Waals surface area contributed by atoms with E-state index in [4.69, 9.17) is 0 Å². The number of halogens is 1. The van der Waals surface area contributed by atoms with E-state index in [1.807, 2.05) is 22.6 Å². The molecule has 0 bridgehead atoms. The summed E-state index contributed by atoms with van der Waals surface area (Å²) in [5.41, 5.74) is 0.496. The van der Waals surface area contributed by atoms with Crippen LogP contribution in [0.15, 0.2) is 18.2 Å². The maximum atomic E-state index is 12.1. The van der Waals surface area contributed by atoms with Crippen molar-refractivity contribution < 1.29 is 15.0 Å². The molecular formula is C13H16INO3. The molecule has 1 aliphatic carbocycles. The van der Waals surface area contributed by atoms with Crippen molar-refractivity contribution in [1.29, 1.82) is 0 Å². The lowest BCUT2D eigenvalue weighted by molar-refractivity contribution is 0.0265. The van der Waals surface area contributed by atoms with Gasteiger partial charge in [0.15, 0.2) is 0 Å². The number of amides is 1. The second-order valence-electron chi connectivity index (χ2n) is 4.84. The van der Waals surface area contributed by atoms with Crippen LogP contribution >= 0.6 is 22.6 Å². The van der Waals surface area contributed by atoms with Crippen LogP contribution in [0.2, 0.25) is 0 Å². The summed E-state index contributed by atoms with van der Waals surface area (Å²) in [7, 11) is 1.75. The number of aromatic hydroxyl groups is 1. The number of hydrogen-bond donors (Lipinski definition) is 2. The number of carbonyl (C=O) groups excluding carboxylic acids is 1. The summed E-state index contributed by atoms with van der Waals surface area (Å²) in [6.07, 6.45) is 1.35. The summed E-state index contributed by atoms with van der Waals surface area (Å²) in [6, 6.07) is 4.94. The molecule has 0 aliphatic heterocycles. The molecule has 98 valence electrons. The summed E-state index contributed by atoms with van der Waals surface area (Å²) in [5, 5.41) is 18.8. The Labute approximate surface area is 120 Å². The van der Waals surface area contributed by atoms with Crippen LogP contribution in [-0.2, 0) is 0 Å². The van der Waals surface area contributed by atoms with Crippen LogP contribution in [0.4, 0.5) is 0 Å². The van der Waals surface area contributed by atoms with E-state index in [9.17, 15) is 15.0 Å². The first kappa shape index (κ1) is 13.6. The van der Waals surface area contributed by atoms with Crippen LogP contribution in [0.25, 0.3) is 0 Å². The molecule has 0 unspecified atom stereocenters. The number of aliphatic hydroxyl groups excluding tert-OH is 1. The first-order valence-corrected chi connectivity index (χ1v) is 6.97. The maximum absolute atomic E-state index is 12.1. The van der Waals surface area contributed by atoms with Gasteiger partial charge in [0.25, 0.3) is 5.91 Å². The van der Waals surface area contributed by atoms with Crippen molar-refractivity contribution in [1.82, 2.24) is 4.90 Å². The van der Waals surface area contributed by atoms with Crippen molar-refractivity contribution in [2.75, 3.05) is 13.6 Å². The molecule has 1 fully saturated rings. The maximum Gasteiger partial charge on any atom is 0.253 e. The molecule has 1 saturated carbocycles. The van der Waals surface area contributed by atoms with Gasteiger partial charge in [-0.1, -0.05) is 0 Å². The number of hydrogen-bond acceptors (Lipinski definition) is 3. The van der Waals surface area contributed by atoms with Gasteiger partial charge in [-0.2, -0.15) is 0 Å². The van der Waals surface area contributed by atoms with Crippen molar-refractivity contribution in [3.8, 4) is 5.75 Å². The number of phenolic OH excluding ortho intramolecular Hbond substituents is 1. The summed E-state index contributed by atoms with van der Waals surface area (Å²) < 4.78 is 0.730. The Bertz CT molecular complexity index is 458. The highest BCUT2D eigenvalue weighted by molar-refractivity contribution is 14.1. The fourth-order valence-corrected chi connectivity index (χ4v) is 2.52. The summed E-state index contributed by atoms with van der Waals surface area (Å²) in [5.74, 6) is 0.434. The molecule has 1 aromatic carbocycles. The van der Waals surface area contributed by atoms with E-state index in [0.717, 1.165) is 16.4 Å². The third kappa shape index (κ3) is 2.95. The number of aliphatic hydroxyl groups is 1. The van der Waals surface area contributed by atoms with Crippen LogP contribution in [0.3, 0.4) is 0 Å². The number of nitrogens with zero attached hydrogens (tertiary/aromatic N) is 1. The van der Waals surface area contributed by atoms with Gasteiger partial charge < -0.3 is 15.1 Å². The van der Waals surface area contributed by atoms with E-state index in [1.165, 1.54) is 6.07 Å². The molecule has 1 amide bonds. The van der Waals surface area contributed by atoms with Crippen LogP contribution in [0, 0.1) is 9.49 Å². The molecule has 18 heavy (non-hydrogen) atoms. The Balaban J connectivity index is 1.99. The van der Waals surface area contributed by atoms with E-state index >= 15 is 0 Å². The van der Waals surface area contributed by atoms with E-state index in [-0.39, 0.29) is 17.8 Å². The number of benzene rings is 1. The number of carbonyl (C=O) groups is 1. The van der Waals surface area contributed by atoms with Gasteiger partial charge in [0.05, 0.1) is 9.67 Å². The third-order valence-electron chi connectivity index (χ3n) is 3.28. The van der Waals surface area contributed by atoms with Crippen molar-refractivity contribution in [3.63, 3.8) is 0 Å². The highest BCUT2D eigenvalue weighted by Gasteiger charge is 2.29. The molecule has 0 spiro atoms. The van der Waals surface area contributed by atoms with Gasteiger partial charge in [0.2, 0.25) is 0 Å². The molecule has 4 nitrogen and oxygen atoms in total. The molecule has 5 heteroatoms. The van der Waals surface area contributed by atoms with Gasteiger partial charge in [0.1, 0.15) is 5.75 Å². The Kier molecular flexibility index (Phi) is 4.11. The molecule has 2 rings (SSSR count). The molecular weight excluding hydrogens is 345 g/mol. The van der Waals surface area contributed by atoms with Crippen molar-refractivity contribution >= 4 is 28.5 Å². The number of phenols is 1. The first-order valence-electron chi connectivity index (χ1n) is 5.89. The van der Waals surface area contributed by atoms with Crippen LogP contribution < -0.4 is 0 Å². The molecule has 0 aromatic heterocycles. The average Bonchev–Trinajstić information content (AvgIpc) is 2.29. The van der Waals surface area contributed by atoms with Gasteiger partial charge in [0, 0.05) is 19.2 Å². The van der Waals surface area contributed by atoms with Gasteiger partial charge >= 0.3 is 0 Å². The lowest BCUT2D eigenvalue weighted by atomic mass is 9.82. The minimum absolute atomic E-state index is 0.0944. The largest absolute Gasteiger partial charge is 0.507 e. The van der Waals surface area contributed by atoms with Crippen LogP contribution in [0.1, 0.15) is 23.2 Å². The lowest BCUT2D eigenvalue weighted by Crippen LogP contribution is -2.39. The number of rotatable bonds is 3. The van der Waals surface area contributed by atoms with E-state index in [2.05, 4.69) is 0 Å². The Hall–Kier alpha value is -0.820. The standard InChI is InChI=1S/C13H16INO3/c1-15(7-8-4-10(16)5-8)13(18)9-2-3-11(14)12(17)6-9/h2-3,6,8,10,16-17H,4-5,7H2,1H3. The van der Waals surface area contributed by atoms with Crippen LogP contribution in [0.5, 0.6) is 5.75 Å². The van der Waals surface area contributed by atoms with Gasteiger partial charge in [-0.3, -0.25) is 4.79 Å². The second kappa shape index (κ2) is 5.44. The molecule has 1 aliphatic rings. The summed E-state index contributed by atoms with van der Waals surface area (Å²) in [6.45, 7) is 0.655. The third-order valence-corrected chi connectivity index (χ3v) is 4.19. The molecule has 1 aromatic rings. The lowest BCUT2D eigenvalue weighted by Gasteiger charge is -2.34. The first-order chi connectivity index (χ1) is 8.47. The zero-order valence-corrected chi connectivity index (χ0v) is 12.3. The second-order valence-corrected chi connectivity index (χ2v) is 6.01. The SMILES string of the molecule is CN(CC1CC(O)C1)C(=O)c1ccc(I)c(O)c1. The Morgan fingerprint density at radius 1 is 1.50 bits per heavy atom. The van der Waals surface area contributed by atoms with E-state index in [1.54, 1.807) is 24.1 Å². The van der Waals surface area contributed by atoms with Crippen molar-refractivity contribution in [2.45, 2.75) is 18.9 Å². The highest BCUT2D eigenvalue weighted by Crippen LogP contribution is 2.28. The smallest absolute Gasteiger partial charge is 0.253 e. The topological polar surface area (TPSA) is 60.8 Å². The minimum Gasteiger partial charge on any atom is -0.507 e. The van der Waals surface area contributed by atoms with Gasteiger partial charge in [-0.15, -0.1) is 0 Å². The van der Waals surface area contributed by atoms with Gasteiger partial charge in [-0.25, -0.2) is 0 Å². The zero-order valence-electron chi connectivity index (χ0n) is 10.1. The normalized spacial score (nSPS) is 22.4. The van der Waals surface area contributed by atoms with E-state index in [0.29, 0.717) is 18.0 Å². The van der Waals surface area contributed by atoms with Crippen molar-refractivity contribution in [2.24, 2.45) is 5.92 Å². The monoisotopic (exact) mass is 361 g/mol. The highest BCUT2D eigenvalue weighted by atomic mass is 127. The van der Waals surface area contributed by atoms with Gasteiger partial charge in [-0.05, 0) is 59.5 Å². The summed E-state index contributed by atoms with van der Waals surface area (Å²) in [4.78, 5) is 13.8. The zero-order chi connectivity index (χ0) is 13.3. The fraction of sp³-hybridized carbons (Fsp3) is 0.462. The molecule has 0 atom stereocenters. The molecule has 0 radical (unpaired) electrons. The predicted molar refractivity (Wildman–Crippen MR) is 76.5 cm³/mol. The Morgan fingerprint density at radius 2 is 2.17 bits per heavy atom. The average molecular weight is 361 g/mol. The molecule has 0 heterocycles. The summed E-state index contributed by atoms with van der Waals surface area (Å²) >= 11 is 2.02. The van der Waals surface area contributed by atoms with Crippen molar-refractivity contribution in [3.05, 3.63) is 27.3 Å². The molecule has 2 N–H and O–H groups in total. The van der Waals surface area contributed by atoms with E-state index < -0.39 is 0 Å². The quantitative estimate of drug-likeness (QED) is 0.808. The predicted octanol–water partition coefficient (Wildman–Crippen LogP) is 1.84. The fourth-order valence-electron chi connectivity index (χ4n) is 2.19. The Morgan fingerprint density at radius 3 is 2.72 bits per heavy atom. The molecule has 0 saturated heterocycles.